The van der Waals surface area contributed by atoms with Crippen molar-refractivity contribution in [2.75, 3.05) is 17.8 Å². The maximum atomic E-state index is 12.5. The van der Waals surface area contributed by atoms with Gasteiger partial charge in [-0.25, -0.2) is 0 Å². The molecule has 1 aromatic carbocycles. The van der Waals surface area contributed by atoms with Crippen molar-refractivity contribution in [3.8, 4) is 0 Å². The van der Waals surface area contributed by atoms with E-state index in [1.54, 1.807) is 24.3 Å². The highest BCUT2D eigenvalue weighted by atomic mass is 32.2. The van der Waals surface area contributed by atoms with Crippen LogP contribution in [-0.2, 0) is 10.2 Å². The highest BCUT2D eigenvalue weighted by molar-refractivity contribution is 7.90. The van der Waals surface area contributed by atoms with E-state index in [2.05, 4.69) is 16.6 Å². The Balaban J connectivity index is 1.93. The van der Waals surface area contributed by atoms with Gasteiger partial charge in [0.25, 0.3) is 5.56 Å². The molecule has 1 fully saturated rings. The molecule has 6 nitrogen and oxygen atoms in total. The van der Waals surface area contributed by atoms with E-state index in [4.69, 9.17) is 0 Å². The molecule has 2 N–H and O–H groups in total. The molecule has 1 aromatic heterocycles. The third-order valence-corrected chi connectivity index (χ3v) is 5.66. The van der Waals surface area contributed by atoms with Gasteiger partial charge in [-0.15, -0.1) is 0 Å². The second-order valence-electron chi connectivity index (χ2n) is 5.76. The quantitative estimate of drug-likeness (QED) is 0.906. The minimum absolute atomic E-state index is 0.231. The van der Waals surface area contributed by atoms with Gasteiger partial charge >= 0.3 is 10.2 Å². The van der Waals surface area contributed by atoms with Crippen LogP contribution in [-0.4, -0.2) is 30.8 Å². The largest absolute Gasteiger partial charge is 0.329 e. The molecule has 0 bridgehead atoms. The van der Waals surface area contributed by atoms with E-state index >= 15 is 0 Å². The van der Waals surface area contributed by atoms with Gasteiger partial charge in [0.15, 0.2) is 0 Å². The van der Waals surface area contributed by atoms with Crippen molar-refractivity contribution in [3.05, 3.63) is 40.8 Å². The Morgan fingerprint density at radius 3 is 2.64 bits per heavy atom. The van der Waals surface area contributed by atoms with Crippen LogP contribution in [0.15, 0.2) is 35.3 Å². The minimum Gasteiger partial charge on any atom is -0.329 e. The average molecular weight is 321 g/mol. The van der Waals surface area contributed by atoms with Crippen molar-refractivity contribution >= 4 is 26.7 Å². The highest BCUT2D eigenvalue weighted by Crippen LogP contribution is 2.24. The molecule has 118 valence electrons. The molecule has 1 aliphatic rings. The normalized spacial score (nSPS) is 17.7. The highest BCUT2D eigenvalue weighted by Gasteiger charge is 2.26. The standard InChI is InChI=1S/C15H19N3O3S/c1-11-6-9-18(10-7-11)22(20,21)17-14-4-2-3-13-12(14)5-8-16-15(13)19/h2-5,8,11,17H,6-7,9-10H2,1H3,(H,16,19). The molecule has 0 saturated carbocycles. The lowest BCUT2D eigenvalue weighted by molar-refractivity contribution is 0.289. The van der Waals surface area contributed by atoms with Gasteiger partial charge in [-0.05, 0) is 37.0 Å². The fourth-order valence-electron chi connectivity index (χ4n) is 2.74. The Morgan fingerprint density at radius 2 is 1.91 bits per heavy atom. The van der Waals surface area contributed by atoms with Gasteiger partial charge in [-0.2, -0.15) is 12.7 Å². The molecule has 0 radical (unpaired) electrons. The summed E-state index contributed by atoms with van der Waals surface area (Å²) in [5.74, 6) is 0.558. The first-order valence-electron chi connectivity index (χ1n) is 7.36. The SMILES string of the molecule is CC1CCN(S(=O)(=O)Nc2cccc3c(=O)[nH]ccc23)CC1. The monoisotopic (exact) mass is 321 g/mol. The Kier molecular flexibility index (Phi) is 3.92. The molecule has 0 amide bonds. The van der Waals surface area contributed by atoms with Crippen LogP contribution in [0.2, 0.25) is 0 Å². The summed E-state index contributed by atoms with van der Waals surface area (Å²) in [5.41, 5.74) is 0.201. The van der Waals surface area contributed by atoms with E-state index in [-0.39, 0.29) is 5.56 Å². The van der Waals surface area contributed by atoms with E-state index in [9.17, 15) is 13.2 Å². The van der Waals surface area contributed by atoms with Crippen LogP contribution in [0.4, 0.5) is 5.69 Å². The zero-order valence-corrected chi connectivity index (χ0v) is 13.2. The zero-order valence-electron chi connectivity index (χ0n) is 12.4. The summed E-state index contributed by atoms with van der Waals surface area (Å²) < 4.78 is 29.1. The van der Waals surface area contributed by atoms with Crippen LogP contribution in [0.1, 0.15) is 19.8 Å². The van der Waals surface area contributed by atoms with Crippen molar-refractivity contribution in [1.29, 1.82) is 0 Å². The van der Waals surface area contributed by atoms with E-state index in [1.165, 1.54) is 10.5 Å². The molecule has 22 heavy (non-hydrogen) atoms. The zero-order chi connectivity index (χ0) is 15.7. The number of aromatic amines is 1. The van der Waals surface area contributed by atoms with Crippen LogP contribution in [0, 0.1) is 5.92 Å². The van der Waals surface area contributed by atoms with Crippen molar-refractivity contribution < 1.29 is 8.42 Å². The molecule has 2 heterocycles. The molecule has 0 unspecified atom stereocenters. The topological polar surface area (TPSA) is 82.3 Å². The summed E-state index contributed by atoms with van der Waals surface area (Å²) in [6, 6.07) is 6.72. The van der Waals surface area contributed by atoms with E-state index < -0.39 is 10.2 Å². The van der Waals surface area contributed by atoms with Gasteiger partial charge in [-0.1, -0.05) is 13.0 Å². The fraction of sp³-hybridized carbons (Fsp3) is 0.400. The summed E-state index contributed by atoms with van der Waals surface area (Å²) in [6.07, 6.45) is 3.26. The number of rotatable bonds is 3. The second kappa shape index (κ2) is 5.73. The molecule has 3 rings (SSSR count). The Labute approximate surface area is 129 Å². The predicted molar refractivity (Wildman–Crippen MR) is 87.1 cm³/mol. The second-order valence-corrected chi connectivity index (χ2v) is 7.43. The summed E-state index contributed by atoms with van der Waals surface area (Å²) >= 11 is 0. The predicted octanol–water partition coefficient (Wildman–Crippen LogP) is 1.92. The lowest BCUT2D eigenvalue weighted by atomic mass is 10.0. The van der Waals surface area contributed by atoms with Crippen LogP contribution in [0.5, 0.6) is 0 Å². The number of benzene rings is 1. The fourth-order valence-corrected chi connectivity index (χ4v) is 4.02. The van der Waals surface area contributed by atoms with Gasteiger partial charge in [-0.3, -0.25) is 9.52 Å². The lowest BCUT2D eigenvalue weighted by Crippen LogP contribution is -2.41. The number of nitrogens with one attached hydrogen (secondary N) is 2. The van der Waals surface area contributed by atoms with Gasteiger partial charge in [0, 0.05) is 30.1 Å². The van der Waals surface area contributed by atoms with E-state index in [0.29, 0.717) is 35.5 Å². The molecule has 2 aromatic rings. The van der Waals surface area contributed by atoms with Crippen LogP contribution >= 0.6 is 0 Å². The third kappa shape index (κ3) is 2.86. The van der Waals surface area contributed by atoms with Crippen LogP contribution < -0.4 is 10.3 Å². The van der Waals surface area contributed by atoms with Gasteiger partial charge in [0.1, 0.15) is 0 Å². The Morgan fingerprint density at radius 1 is 1.18 bits per heavy atom. The van der Waals surface area contributed by atoms with Crippen molar-refractivity contribution in [2.45, 2.75) is 19.8 Å². The summed E-state index contributed by atoms with van der Waals surface area (Å²) in [4.78, 5) is 14.4. The first-order valence-corrected chi connectivity index (χ1v) is 8.80. The Hall–Kier alpha value is -1.86. The van der Waals surface area contributed by atoms with E-state index in [0.717, 1.165) is 12.8 Å². The molecule has 7 heteroatoms. The lowest BCUT2D eigenvalue weighted by Gasteiger charge is -2.29. The average Bonchev–Trinajstić information content (AvgIpc) is 2.48. The number of nitrogens with zero attached hydrogens (tertiary/aromatic N) is 1. The number of hydrogen-bond acceptors (Lipinski definition) is 3. The number of piperidine rings is 1. The smallest absolute Gasteiger partial charge is 0.301 e. The Bertz CT molecular complexity index is 836. The van der Waals surface area contributed by atoms with Gasteiger partial charge in [0.2, 0.25) is 0 Å². The first kappa shape index (κ1) is 15.1. The summed E-state index contributed by atoms with van der Waals surface area (Å²) in [6.45, 7) is 3.19. The van der Waals surface area contributed by atoms with Crippen molar-refractivity contribution in [2.24, 2.45) is 5.92 Å². The molecule has 0 atom stereocenters. The molecule has 0 spiro atoms. The molecule has 1 aliphatic heterocycles. The van der Waals surface area contributed by atoms with Crippen molar-refractivity contribution in [1.82, 2.24) is 9.29 Å². The number of H-pyrrole nitrogens is 1. The minimum atomic E-state index is -3.59. The molecule has 1 saturated heterocycles. The van der Waals surface area contributed by atoms with E-state index in [1.807, 2.05) is 0 Å². The first-order chi connectivity index (χ1) is 10.5. The molecule has 0 aliphatic carbocycles. The third-order valence-electron chi connectivity index (χ3n) is 4.14. The maximum absolute atomic E-state index is 12.5. The van der Waals surface area contributed by atoms with Crippen molar-refractivity contribution in [3.63, 3.8) is 0 Å². The van der Waals surface area contributed by atoms with Crippen LogP contribution in [0.3, 0.4) is 0 Å². The summed E-state index contributed by atoms with van der Waals surface area (Å²) in [5, 5.41) is 1.06. The van der Waals surface area contributed by atoms with Gasteiger partial charge in [0.05, 0.1) is 5.69 Å². The number of hydrogen-bond donors (Lipinski definition) is 2. The van der Waals surface area contributed by atoms with Gasteiger partial charge < -0.3 is 4.98 Å². The maximum Gasteiger partial charge on any atom is 0.301 e. The number of fused-ring (bicyclic) bond motifs is 1. The number of pyridine rings is 1. The molecular formula is C15H19N3O3S. The summed E-state index contributed by atoms with van der Waals surface area (Å²) in [7, 11) is -3.59. The number of aromatic nitrogens is 1. The van der Waals surface area contributed by atoms with Crippen LogP contribution in [0.25, 0.3) is 10.8 Å². The molecular weight excluding hydrogens is 302 g/mol. The number of anilines is 1.